The van der Waals surface area contributed by atoms with Gasteiger partial charge in [-0.1, -0.05) is 34.6 Å². The molecule has 0 spiro atoms. The summed E-state index contributed by atoms with van der Waals surface area (Å²) >= 11 is 0. The topological polar surface area (TPSA) is 61.4 Å². The zero-order valence-corrected chi connectivity index (χ0v) is 11.8. The molecule has 0 heterocycles. The molecular weight excluding hydrogens is 216 g/mol. The lowest BCUT2D eigenvalue weighted by Gasteiger charge is -2.25. The van der Waals surface area contributed by atoms with Gasteiger partial charge < -0.3 is 15.7 Å². The monoisotopic (exact) mass is 244 g/mol. The van der Waals surface area contributed by atoms with E-state index in [0.29, 0.717) is 19.0 Å². The lowest BCUT2D eigenvalue weighted by atomic mass is 9.89. The molecule has 0 aromatic rings. The fourth-order valence-electron chi connectivity index (χ4n) is 1.27. The summed E-state index contributed by atoms with van der Waals surface area (Å²) in [6.45, 7) is 11.1. The summed E-state index contributed by atoms with van der Waals surface area (Å²) in [5.74, 6) is 0.669. The Morgan fingerprint density at radius 3 is 2.29 bits per heavy atom. The number of hydrogen-bond donors (Lipinski definition) is 3. The highest BCUT2D eigenvalue weighted by Gasteiger charge is 2.22. The lowest BCUT2D eigenvalue weighted by molar-refractivity contribution is 0.0650. The second-order valence-electron chi connectivity index (χ2n) is 6.05. The van der Waals surface area contributed by atoms with Gasteiger partial charge in [0.15, 0.2) is 0 Å². The van der Waals surface area contributed by atoms with Crippen molar-refractivity contribution < 1.29 is 9.90 Å². The van der Waals surface area contributed by atoms with Gasteiger partial charge in [-0.3, -0.25) is 0 Å². The third kappa shape index (κ3) is 8.98. The van der Waals surface area contributed by atoms with Crippen LogP contribution < -0.4 is 10.6 Å². The summed E-state index contributed by atoms with van der Waals surface area (Å²) < 4.78 is 0. The van der Waals surface area contributed by atoms with Crippen LogP contribution in [0.2, 0.25) is 0 Å². The van der Waals surface area contributed by atoms with E-state index in [-0.39, 0.29) is 11.4 Å². The summed E-state index contributed by atoms with van der Waals surface area (Å²) in [6, 6.07) is -0.197. The first-order chi connectivity index (χ1) is 7.73. The molecule has 0 saturated heterocycles. The second-order valence-corrected chi connectivity index (χ2v) is 6.05. The Kier molecular flexibility index (Phi) is 7.19. The zero-order chi connectivity index (χ0) is 13.5. The maximum Gasteiger partial charge on any atom is 0.314 e. The van der Waals surface area contributed by atoms with Crippen LogP contribution in [0.25, 0.3) is 0 Å². The van der Waals surface area contributed by atoms with Crippen molar-refractivity contribution in [3.63, 3.8) is 0 Å². The number of aliphatic hydroxyl groups excluding tert-OH is 1. The molecule has 0 radical (unpaired) electrons. The fraction of sp³-hybridized carbons (Fsp3) is 0.923. The summed E-state index contributed by atoms with van der Waals surface area (Å²) in [7, 11) is 0. The number of carbonyl (C=O) groups excluding carboxylic acids is 1. The van der Waals surface area contributed by atoms with E-state index in [4.69, 9.17) is 0 Å². The van der Waals surface area contributed by atoms with Crippen molar-refractivity contribution in [3.05, 3.63) is 0 Å². The van der Waals surface area contributed by atoms with E-state index in [0.717, 1.165) is 12.8 Å². The maximum absolute atomic E-state index is 11.4. The molecule has 1 unspecified atom stereocenters. The minimum atomic E-state index is -0.524. The van der Waals surface area contributed by atoms with Crippen LogP contribution >= 0.6 is 0 Å². The van der Waals surface area contributed by atoms with Gasteiger partial charge in [-0.05, 0) is 24.2 Å². The molecule has 102 valence electrons. The Hall–Kier alpha value is -0.770. The zero-order valence-electron chi connectivity index (χ0n) is 11.8. The quantitative estimate of drug-likeness (QED) is 0.627. The van der Waals surface area contributed by atoms with Gasteiger partial charge in [0.1, 0.15) is 0 Å². The number of amides is 2. The van der Waals surface area contributed by atoms with Crippen LogP contribution in [0.3, 0.4) is 0 Å². The minimum absolute atomic E-state index is 0.197. The van der Waals surface area contributed by atoms with E-state index in [9.17, 15) is 9.90 Å². The first-order valence-corrected chi connectivity index (χ1v) is 6.43. The fourth-order valence-corrected chi connectivity index (χ4v) is 1.27. The summed E-state index contributed by atoms with van der Waals surface area (Å²) in [6.07, 6.45) is 1.58. The number of nitrogens with one attached hydrogen (secondary N) is 2. The number of hydrogen-bond acceptors (Lipinski definition) is 2. The molecule has 1 atom stereocenters. The van der Waals surface area contributed by atoms with E-state index in [1.807, 2.05) is 20.8 Å². The summed E-state index contributed by atoms with van der Waals surface area (Å²) in [5, 5.41) is 15.2. The molecular formula is C13H28N2O2. The van der Waals surface area contributed by atoms with Crippen molar-refractivity contribution in [1.82, 2.24) is 10.6 Å². The van der Waals surface area contributed by atoms with Crippen LogP contribution in [0.4, 0.5) is 4.79 Å². The van der Waals surface area contributed by atoms with Gasteiger partial charge in [-0.15, -0.1) is 0 Å². The molecule has 0 aliphatic carbocycles. The molecule has 3 N–H and O–H groups in total. The molecule has 0 bridgehead atoms. The second kappa shape index (κ2) is 7.54. The van der Waals surface area contributed by atoms with Gasteiger partial charge in [0, 0.05) is 13.1 Å². The molecule has 0 aliphatic rings. The number of rotatable bonds is 6. The van der Waals surface area contributed by atoms with Gasteiger partial charge in [0.25, 0.3) is 0 Å². The van der Waals surface area contributed by atoms with Crippen molar-refractivity contribution >= 4 is 6.03 Å². The Morgan fingerprint density at radius 1 is 1.24 bits per heavy atom. The molecule has 0 saturated carbocycles. The van der Waals surface area contributed by atoms with E-state index in [1.54, 1.807) is 0 Å². The highest BCUT2D eigenvalue weighted by atomic mass is 16.3. The van der Waals surface area contributed by atoms with Crippen molar-refractivity contribution in [3.8, 4) is 0 Å². The Balaban J connectivity index is 3.60. The van der Waals surface area contributed by atoms with Crippen LogP contribution in [-0.4, -0.2) is 30.3 Å². The van der Waals surface area contributed by atoms with Crippen LogP contribution in [0.15, 0.2) is 0 Å². The number of aliphatic hydroxyl groups is 1. The standard InChI is InChI=1S/C13H28N2O2/c1-10(2)7-6-8-14-12(17)15-9-11(16)13(3,4)5/h10-11,16H,6-9H2,1-5H3,(H2,14,15,17). The van der Waals surface area contributed by atoms with Gasteiger partial charge in [0.2, 0.25) is 0 Å². The first-order valence-electron chi connectivity index (χ1n) is 6.43. The van der Waals surface area contributed by atoms with Crippen molar-refractivity contribution in [1.29, 1.82) is 0 Å². The SMILES string of the molecule is CC(C)CCCNC(=O)NCC(O)C(C)(C)C. The molecule has 0 fully saturated rings. The largest absolute Gasteiger partial charge is 0.391 e. The molecule has 0 rings (SSSR count). The average Bonchev–Trinajstić information content (AvgIpc) is 2.19. The van der Waals surface area contributed by atoms with Crippen LogP contribution in [0.5, 0.6) is 0 Å². The Morgan fingerprint density at radius 2 is 1.82 bits per heavy atom. The Bertz CT molecular complexity index is 222. The third-order valence-electron chi connectivity index (χ3n) is 2.70. The highest BCUT2D eigenvalue weighted by Crippen LogP contribution is 2.17. The van der Waals surface area contributed by atoms with Gasteiger partial charge >= 0.3 is 6.03 Å². The normalized spacial score (nSPS) is 13.6. The highest BCUT2D eigenvalue weighted by molar-refractivity contribution is 5.73. The van der Waals surface area contributed by atoms with Crippen molar-refractivity contribution in [2.45, 2.75) is 53.6 Å². The van der Waals surface area contributed by atoms with Crippen LogP contribution in [-0.2, 0) is 0 Å². The van der Waals surface area contributed by atoms with E-state index < -0.39 is 6.10 Å². The van der Waals surface area contributed by atoms with Crippen molar-refractivity contribution in [2.75, 3.05) is 13.1 Å². The van der Waals surface area contributed by atoms with E-state index in [1.165, 1.54) is 0 Å². The van der Waals surface area contributed by atoms with Gasteiger partial charge in [-0.2, -0.15) is 0 Å². The Labute approximate surface area is 105 Å². The number of urea groups is 1. The maximum atomic E-state index is 11.4. The molecule has 4 heteroatoms. The predicted octanol–water partition coefficient (Wildman–Crippen LogP) is 2.13. The minimum Gasteiger partial charge on any atom is -0.391 e. The number of carbonyl (C=O) groups is 1. The molecule has 0 aromatic carbocycles. The smallest absolute Gasteiger partial charge is 0.314 e. The summed E-state index contributed by atoms with van der Waals surface area (Å²) in [4.78, 5) is 11.4. The third-order valence-corrected chi connectivity index (χ3v) is 2.70. The van der Waals surface area contributed by atoms with Gasteiger partial charge in [0.05, 0.1) is 6.10 Å². The molecule has 2 amide bonds. The van der Waals surface area contributed by atoms with E-state index in [2.05, 4.69) is 24.5 Å². The van der Waals surface area contributed by atoms with Crippen molar-refractivity contribution in [2.24, 2.45) is 11.3 Å². The molecule has 0 aromatic heterocycles. The molecule has 0 aliphatic heterocycles. The lowest BCUT2D eigenvalue weighted by Crippen LogP contribution is -2.43. The molecule has 4 nitrogen and oxygen atoms in total. The van der Waals surface area contributed by atoms with Crippen LogP contribution in [0.1, 0.15) is 47.5 Å². The average molecular weight is 244 g/mol. The first kappa shape index (κ1) is 16.2. The predicted molar refractivity (Wildman–Crippen MR) is 70.9 cm³/mol. The molecule has 17 heavy (non-hydrogen) atoms. The van der Waals surface area contributed by atoms with E-state index >= 15 is 0 Å². The van der Waals surface area contributed by atoms with Crippen LogP contribution in [0, 0.1) is 11.3 Å². The summed E-state index contributed by atoms with van der Waals surface area (Å²) in [5.41, 5.74) is -0.203. The van der Waals surface area contributed by atoms with Gasteiger partial charge in [-0.25, -0.2) is 4.79 Å².